The summed E-state index contributed by atoms with van der Waals surface area (Å²) in [6.07, 6.45) is -3.71. The molecule has 0 spiro atoms. The summed E-state index contributed by atoms with van der Waals surface area (Å²) in [6, 6.07) is 4.63. The second kappa shape index (κ2) is 8.41. The van der Waals surface area contributed by atoms with Crippen LogP contribution in [0.1, 0.15) is 61.3 Å². The minimum atomic E-state index is -4.58. The van der Waals surface area contributed by atoms with E-state index in [-0.39, 0.29) is 46.2 Å². The fourth-order valence-electron chi connectivity index (χ4n) is 4.56. The molecule has 10 heteroatoms. The molecule has 1 saturated heterocycles. The lowest BCUT2D eigenvalue weighted by Gasteiger charge is -2.35. The summed E-state index contributed by atoms with van der Waals surface area (Å²) in [5, 5.41) is 15.4. The Balaban J connectivity index is 1.81. The number of aromatic hydroxyl groups is 1. The van der Waals surface area contributed by atoms with Gasteiger partial charge in [0.05, 0.1) is 22.7 Å². The van der Waals surface area contributed by atoms with Crippen molar-refractivity contribution in [3.63, 3.8) is 0 Å². The van der Waals surface area contributed by atoms with Gasteiger partial charge in [-0.3, -0.25) is 14.3 Å². The van der Waals surface area contributed by atoms with E-state index in [0.29, 0.717) is 36.5 Å². The first-order chi connectivity index (χ1) is 15.9. The molecule has 1 N–H and O–H groups in total. The highest BCUT2D eigenvalue weighted by Crippen LogP contribution is 2.39. The summed E-state index contributed by atoms with van der Waals surface area (Å²) in [7, 11) is 0. The van der Waals surface area contributed by atoms with E-state index in [9.17, 15) is 27.9 Å². The molecule has 0 saturated carbocycles. The maximum Gasteiger partial charge on any atom is 0.416 e. The van der Waals surface area contributed by atoms with Crippen molar-refractivity contribution in [3.8, 4) is 17.0 Å². The molecule has 0 bridgehead atoms. The van der Waals surface area contributed by atoms with Crippen LogP contribution in [0.4, 0.5) is 13.2 Å². The number of aryl methyl sites for hydroxylation is 1. The molecule has 1 fully saturated rings. The number of halogens is 3. The summed E-state index contributed by atoms with van der Waals surface area (Å²) in [5.41, 5.74) is 0.294. The number of amides is 1. The number of phenols is 1. The Morgan fingerprint density at radius 3 is 2.53 bits per heavy atom. The third-order valence-electron chi connectivity index (χ3n) is 6.18. The number of likely N-dealkylation sites (tertiary alicyclic amines) is 1. The van der Waals surface area contributed by atoms with Gasteiger partial charge in [-0.1, -0.05) is 0 Å². The molecule has 3 heterocycles. The molecule has 0 aliphatic carbocycles. The standard InChI is InChI=1S/C24H25F3N4O3/c1-12(2)30-11-16(5-8-20(30)34)31-22(14(4)32)17-6-7-18(28-23(17)29-31)21-13(3)9-15(10-19(21)33)24(25,26)27/h6-7,9-10,12,16,33H,5,8,11H2,1-4H3/t16-/m1/s1. The highest BCUT2D eigenvalue weighted by molar-refractivity contribution is 6.04. The Morgan fingerprint density at radius 1 is 1.24 bits per heavy atom. The van der Waals surface area contributed by atoms with Gasteiger partial charge in [0, 0.05) is 31.5 Å². The van der Waals surface area contributed by atoms with Crippen LogP contribution in [0.3, 0.4) is 0 Å². The molecule has 1 atom stereocenters. The minimum Gasteiger partial charge on any atom is -0.507 e. The number of hydrogen-bond acceptors (Lipinski definition) is 5. The van der Waals surface area contributed by atoms with Crippen LogP contribution < -0.4 is 0 Å². The molecular formula is C24H25F3N4O3. The number of nitrogens with zero attached hydrogens (tertiary/aromatic N) is 4. The molecule has 3 aromatic rings. The van der Waals surface area contributed by atoms with E-state index in [1.165, 1.54) is 13.8 Å². The number of carbonyl (C=O) groups excluding carboxylic acids is 2. The first-order valence-electron chi connectivity index (χ1n) is 11.0. The van der Waals surface area contributed by atoms with E-state index in [1.54, 1.807) is 21.7 Å². The van der Waals surface area contributed by atoms with Crippen molar-refractivity contribution in [1.82, 2.24) is 19.7 Å². The summed E-state index contributed by atoms with van der Waals surface area (Å²) in [6.45, 7) is 7.17. The Bertz CT molecular complexity index is 1270. The lowest BCUT2D eigenvalue weighted by atomic mass is 10.00. The lowest BCUT2D eigenvalue weighted by Crippen LogP contribution is -2.45. The summed E-state index contributed by atoms with van der Waals surface area (Å²) >= 11 is 0. The van der Waals surface area contributed by atoms with Crippen molar-refractivity contribution in [2.45, 2.75) is 58.8 Å². The number of ketones is 1. The number of benzene rings is 1. The predicted molar refractivity (Wildman–Crippen MR) is 119 cm³/mol. The zero-order valence-electron chi connectivity index (χ0n) is 19.3. The van der Waals surface area contributed by atoms with Crippen LogP contribution in [0, 0.1) is 6.92 Å². The average Bonchev–Trinajstić information content (AvgIpc) is 3.11. The van der Waals surface area contributed by atoms with Gasteiger partial charge >= 0.3 is 6.18 Å². The van der Waals surface area contributed by atoms with Crippen molar-refractivity contribution in [1.29, 1.82) is 0 Å². The molecule has 2 aromatic heterocycles. The van der Waals surface area contributed by atoms with Crippen LogP contribution >= 0.6 is 0 Å². The quantitative estimate of drug-likeness (QED) is 0.543. The van der Waals surface area contributed by atoms with E-state index in [0.717, 1.165) is 6.07 Å². The topological polar surface area (TPSA) is 88.3 Å². The van der Waals surface area contributed by atoms with Crippen molar-refractivity contribution < 1.29 is 27.9 Å². The molecule has 1 aliphatic rings. The Kier molecular flexibility index (Phi) is 5.87. The van der Waals surface area contributed by atoms with Crippen molar-refractivity contribution >= 4 is 22.7 Å². The van der Waals surface area contributed by atoms with E-state index in [2.05, 4.69) is 10.1 Å². The maximum atomic E-state index is 13.1. The number of aromatic nitrogens is 3. The average molecular weight is 474 g/mol. The molecule has 0 unspecified atom stereocenters. The fraction of sp³-hybridized carbons (Fsp3) is 0.417. The van der Waals surface area contributed by atoms with Crippen LogP contribution in [0.15, 0.2) is 24.3 Å². The van der Waals surface area contributed by atoms with Crippen molar-refractivity contribution in [2.75, 3.05) is 6.54 Å². The predicted octanol–water partition coefficient (Wildman–Crippen LogP) is 4.91. The van der Waals surface area contributed by atoms with Crippen LogP contribution in [0.25, 0.3) is 22.3 Å². The molecule has 34 heavy (non-hydrogen) atoms. The number of hydrogen-bond donors (Lipinski definition) is 1. The van der Waals surface area contributed by atoms with Crippen LogP contribution in [-0.2, 0) is 11.0 Å². The minimum absolute atomic E-state index is 0.0106. The molecule has 180 valence electrons. The monoisotopic (exact) mass is 474 g/mol. The van der Waals surface area contributed by atoms with Crippen molar-refractivity contribution in [2.24, 2.45) is 0 Å². The number of alkyl halides is 3. The Labute approximate surface area is 194 Å². The number of carbonyl (C=O) groups is 2. The van der Waals surface area contributed by atoms with Crippen LogP contribution in [0.2, 0.25) is 0 Å². The van der Waals surface area contributed by atoms with Gasteiger partial charge in [0.25, 0.3) is 0 Å². The van der Waals surface area contributed by atoms with Crippen LogP contribution in [-0.4, -0.2) is 49.0 Å². The Morgan fingerprint density at radius 2 is 1.94 bits per heavy atom. The van der Waals surface area contributed by atoms with E-state index in [4.69, 9.17) is 0 Å². The summed E-state index contributed by atoms with van der Waals surface area (Å²) in [4.78, 5) is 31.1. The van der Waals surface area contributed by atoms with E-state index >= 15 is 0 Å². The SMILES string of the molecule is CC(=O)c1c2ccc(-c3c(C)cc(C(F)(F)F)cc3O)nc2nn1[C@@H]1CCC(=O)N(C(C)C)C1. The second-order valence-corrected chi connectivity index (χ2v) is 8.93. The number of piperidine rings is 1. The number of Topliss-reactive ketones (excluding diaryl/α,β-unsaturated/α-hetero) is 1. The van der Waals surface area contributed by atoms with Gasteiger partial charge in [0.2, 0.25) is 5.91 Å². The summed E-state index contributed by atoms with van der Waals surface area (Å²) < 4.78 is 40.9. The zero-order chi connectivity index (χ0) is 24.9. The number of pyridine rings is 1. The molecule has 4 rings (SSSR count). The number of phenolic OH excluding ortho intramolecular Hbond substituents is 1. The van der Waals surface area contributed by atoms with Gasteiger partial charge < -0.3 is 10.0 Å². The van der Waals surface area contributed by atoms with Gasteiger partial charge in [-0.25, -0.2) is 4.98 Å². The molecule has 0 radical (unpaired) electrons. The fourth-order valence-corrected chi connectivity index (χ4v) is 4.56. The third kappa shape index (κ3) is 4.12. The largest absolute Gasteiger partial charge is 0.507 e. The highest BCUT2D eigenvalue weighted by atomic mass is 19.4. The maximum absolute atomic E-state index is 13.1. The van der Waals surface area contributed by atoms with Gasteiger partial charge in [0.15, 0.2) is 11.4 Å². The highest BCUT2D eigenvalue weighted by Gasteiger charge is 2.33. The van der Waals surface area contributed by atoms with Crippen LogP contribution in [0.5, 0.6) is 5.75 Å². The molecule has 1 amide bonds. The van der Waals surface area contributed by atoms with E-state index < -0.39 is 17.5 Å². The van der Waals surface area contributed by atoms with Gasteiger partial charge in [-0.2, -0.15) is 18.3 Å². The smallest absolute Gasteiger partial charge is 0.416 e. The lowest BCUT2D eigenvalue weighted by molar-refractivity contribution is -0.138. The van der Waals surface area contributed by atoms with Crippen molar-refractivity contribution in [3.05, 3.63) is 41.1 Å². The van der Waals surface area contributed by atoms with Gasteiger partial charge in [0.1, 0.15) is 11.4 Å². The van der Waals surface area contributed by atoms with E-state index in [1.807, 2.05) is 13.8 Å². The molecule has 1 aromatic carbocycles. The van der Waals surface area contributed by atoms with Gasteiger partial charge in [-0.15, -0.1) is 0 Å². The third-order valence-corrected chi connectivity index (χ3v) is 6.18. The first kappa shape index (κ1) is 23.7. The molecule has 1 aliphatic heterocycles. The van der Waals surface area contributed by atoms with Gasteiger partial charge in [-0.05, 0) is 57.0 Å². The number of rotatable bonds is 4. The molecular weight excluding hydrogens is 449 g/mol. The zero-order valence-corrected chi connectivity index (χ0v) is 19.3. The summed E-state index contributed by atoms with van der Waals surface area (Å²) in [5.74, 6) is -0.691. The number of fused-ring (bicyclic) bond motifs is 1. The molecule has 7 nitrogen and oxygen atoms in total. The normalized spacial score (nSPS) is 17.1. The Hall–Kier alpha value is -3.43. The second-order valence-electron chi connectivity index (χ2n) is 8.93. The first-order valence-corrected chi connectivity index (χ1v) is 11.0.